The van der Waals surface area contributed by atoms with Crippen LogP contribution in [-0.2, 0) is 16.0 Å². The SMILES string of the molecule is CC(=N)c1ccc(C(=O)Nc2ccc3c(c2)OCC(OCC(C)=O)C3)cc1. The summed E-state index contributed by atoms with van der Waals surface area (Å²) in [5, 5.41) is 10.5. The zero-order valence-corrected chi connectivity index (χ0v) is 15.4. The zero-order chi connectivity index (χ0) is 19.4. The molecule has 0 aromatic heterocycles. The first-order valence-electron chi connectivity index (χ1n) is 8.76. The standard InChI is InChI=1S/C21H22N2O4/c1-13(24)11-26-19-9-17-7-8-18(10-20(17)27-12-19)23-21(25)16-5-3-15(4-6-16)14(2)22/h3-8,10,19,22H,9,11-12H2,1-2H3,(H,23,25). The molecule has 0 radical (unpaired) electrons. The lowest BCUT2D eigenvalue weighted by Crippen LogP contribution is -2.30. The predicted octanol–water partition coefficient (Wildman–Crippen LogP) is 3.24. The van der Waals surface area contributed by atoms with Gasteiger partial charge in [-0.2, -0.15) is 0 Å². The Morgan fingerprint density at radius 2 is 1.85 bits per heavy atom. The molecule has 1 amide bonds. The van der Waals surface area contributed by atoms with Crippen molar-refractivity contribution in [3.8, 4) is 5.75 Å². The van der Waals surface area contributed by atoms with E-state index >= 15 is 0 Å². The summed E-state index contributed by atoms with van der Waals surface area (Å²) in [5.41, 5.74) is 3.40. The number of nitrogens with one attached hydrogen (secondary N) is 2. The number of amides is 1. The number of fused-ring (bicyclic) bond motifs is 1. The van der Waals surface area contributed by atoms with Crippen molar-refractivity contribution in [3.05, 3.63) is 59.2 Å². The fourth-order valence-corrected chi connectivity index (χ4v) is 2.84. The first kappa shape index (κ1) is 18.8. The molecule has 2 aromatic carbocycles. The number of hydrogen-bond donors (Lipinski definition) is 2. The van der Waals surface area contributed by atoms with Gasteiger partial charge in [0, 0.05) is 29.4 Å². The number of hydrogen-bond acceptors (Lipinski definition) is 5. The van der Waals surface area contributed by atoms with Gasteiger partial charge in [-0.3, -0.25) is 9.59 Å². The number of ketones is 1. The van der Waals surface area contributed by atoms with Crippen LogP contribution in [0.1, 0.15) is 35.3 Å². The van der Waals surface area contributed by atoms with E-state index in [-0.39, 0.29) is 24.4 Å². The number of benzene rings is 2. The van der Waals surface area contributed by atoms with Gasteiger partial charge in [0.15, 0.2) is 5.78 Å². The summed E-state index contributed by atoms with van der Waals surface area (Å²) in [4.78, 5) is 23.4. The molecule has 6 nitrogen and oxygen atoms in total. The largest absolute Gasteiger partial charge is 0.491 e. The van der Waals surface area contributed by atoms with Gasteiger partial charge in [0.2, 0.25) is 0 Å². The van der Waals surface area contributed by atoms with Crippen LogP contribution >= 0.6 is 0 Å². The van der Waals surface area contributed by atoms with Crippen molar-refractivity contribution in [1.29, 1.82) is 5.41 Å². The van der Waals surface area contributed by atoms with Gasteiger partial charge in [-0.15, -0.1) is 0 Å². The molecule has 0 saturated heterocycles. The Bertz CT molecular complexity index is 874. The molecular formula is C21H22N2O4. The van der Waals surface area contributed by atoms with Crippen LogP contribution in [0.5, 0.6) is 5.75 Å². The van der Waals surface area contributed by atoms with Crippen molar-refractivity contribution >= 4 is 23.1 Å². The van der Waals surface area contributed by atoms with E-state index in [1.54, 1.807) is 37.3 Å². The quantitative estimate of drug-likeness (QED) is 0.768. The maximum Gasteiger partial charge on any atom is 0.255 e. The maximum atomic E-state index is 12.4. The zero-order valence-electron chi connectivity index (χ0n) is 15.4. The molecule has 27 heavy (non-hydrogen) atoms. The second-order valence-corrected chi connectivity index (χ2v) is 6.63. The highest BCUT2D eigenvalue weighted by Gasteiger charge is 2.21. The Hall–Kier alpha value is -2.99. The van der Waals surface area contributed by atoms with Crippen LogP contribution in [0.4, 0.5) is 5.69 Å². The predicted molar refractivity (Wildman–Crippen MR) is 103 cm³/mol. The second kappa shape index (κ2) is 8.14. The molecule has 0 bridgehead atoms. The van der Waals surface area contributed by atoms with E-state index in [2.05, 4.69) is 5.32 Å². The molecule has 0 fully saturated rings. The minimum absolute atomic E-state index is 0.0114. The maximum absolute atomic E-state index is 12.4. The van der Waals surface area contributed by atoms with E-state index in [1.165, 1.54) is 6.92 Å². The molecule has 1 aliphatic heterocycles. The summed E-state index contributed by atoms with van der Waals surface area (Å²) < 4.78 is 11.2. The van der Waals surface area contributed by atoms with Gasteiger partial charge in [-0.05, 0) is 43.2 Å². The van der Waals surface area contributed by atoms with Crippen LogP contribution in [0.25, 0.3) is 0 Å². The van der Waals surface area contributed by atoms with Crippen molar-refractivity contribution in [2.24, 2.45) is 0 Å². The molecule has 6 heteroatoms. The van der Waals surface area contributed by atoms with Gasteiger partial charge in [0.25, 0.3) is 5.91 Å². The monoisotopic (exact) mass is 366 g/mol. The molecule has 0 spiro atoms. The van der Waals surface area contributed by atoms with E-state index < -0.39 is 0 Å². The number of carbonyl (C=O) groups is 2. The van der Waals surface area contributed by atoms with Gasteiger partial charge >= 0.3 is 0 Å². The Balaban J connectivity index is 1.64. The van der Waals surface area contributed by atoms with Gasteiger partial charge in [0.1, 0.15) is 19.0 Å². The lowest BCUT2D eigenvalue weighted by atomic mass is 10.0. The number of anilines is 1. The van der Waals surface area contributed by atoms with Crippen LogP contribution in [0, 0.1) is 5.41 Å². The van der Waals surface area contributed by atoms with Gasteiger partial charge in [-0.1, -0.05) is 18.2 Å². The van der Waals surface area contributed by atoms with Gasteiger partial charge in [0.05, 0.1) is 6.10 Å². The third kappa shape index (κ3) is 4.80. The molecule has 1 aliphatic rings. The molecule has 1 heterocycles. The van der Waals surface area contributed by atoms with Gasteiger partial charge < -0.3 is 20.2 Å². The first-order chi connectivity index (χ1) is 12.9. The Morgan fingerprint density at radius 1 is 1.15 bits per heavy atom. The van der Waals surface area contributed by atoms with E-state index in [0.29, 0.717) is 35.7 Å². The minimum Gasteiger partial charge on any atom is -0.491 e. The highest BCUT2D eigenvalue weighted by Crippen LogP contribution is 2.29. The fraction of sp³-hybridized carbons (Fsp3) is 0.286. The lowest BCUT2D eigenvalue weighted by molar-refractivity contribution is -0.124. The molecule has 2 aromatic rings. The highest BCUT2D eigenvalue weighted by molar-refractivity contribution is 6.05. The molecule has 3 rings (SSSR count). The lowest BCUT2D eigenvalue weighted by Gasteiger charge is -2.25. The van der Waals surface area contributed by atoms with Gasteiger partial charge in [-0.25, -0.2) is 0 Å². The summed E-state index contributed by atoms with van der Waals surface area (Å²) >= 11 is 0. The van der Waals surface area contributed by atoms with Crippen molar-refractivity contribution in [3.63, 3.8) is 0 Å². The fourth-order valence-electron chi connectivity index (χ4n) is 2.84. The van der Waals surface area contributed by atoms with Crippen LogP contribution in [-0.4, -0.2) is 36.7 Å². The van der Waals surface area contributed by atoms with Crippen LogP contribution in [0.3, 0.4) is 0 Å². The summed E-state index contributed by atoms with van der Waals surface area (Å²) in [6, 6.07) is 12.4. The van der Waals surface area contributed by atoms with Crippen molar-refractivity contribution in [1.82, 2.24) is 0 Å². The van der Waals surface area contributed by atoms with E-state index in [9.17, 15) is 9.59 Å². The van der Waals surface area contributed by atoms with Crippen molar-refractivity contribution in [2.45, 2.75) is 26.4 Å². The Morgan fingerprint density at radius 3 is 2.52 bits per heavy atom. The van der Waals surface area contributed by atoms with E-state index in [4.69, 9.17) is 14.9 Å². The molecule has 0 aliphatic carbocycles. The molecule has 1 atom stereocenters. The average molecular weight is 366 g/mol. The normalized spacial score (nSPS) is 15.4. The minimum atomic E-state index is -0.220. The first-order valence-corrected chi connectivity index (χ1v) is 8.76. The summed E-state index contributed by atoms with van der Waals surface area (Å²) in [5.74, 6) is 0.482. The summed E-state index contributed by atoms with van der Waals surface area (Å²) in [7, 11) is 0. The number of rotatable bonds is 6. The van der Waals surface area contributed by atoms with Crippen LogP contribution in [0.15, 0.2) is 42.5 Å². The van der Waals surface area contributed by atoms with Crippen molar-refractivity contribution in [2.75, 3.05) is 18.5 Å². The van der Waals surface area contributed by atoms with E-state index in [1.807, 2.05) is 12.1 Å². The molecule has 140 valence electrons. The smallest absolute Gasteiger partial charge is 0.255 e. The molecule has 2 N–H and O–H groups in total. The second-order valence-electron chi connectivity index (χ2n) is 6.63. The summed E-state index contributed by atoms with van der Waals surface area (Å²) in [6.45, 7) is 3.67. The third-order valence-electron chi connectivity index (χ3n) is 4.30. The number of Topliss-reactive ketones (excluding diaryl/α,β-unsaturated/α-hetero) is 1. The molecule has 1 unspecified atom stereocenters. The van der Waals surface area contributed by atoms with Crippen molar-refractivity contribution < 1.29 is 19.1 Å². The number of carbonyl (C=O) groups excluding carboxylic acids is 2. The Kier molecular flexibility index (Phi) is 5.66. The average Bonchev–Trinajstić information content (AvgIpc) is 2.66. The third-order valence-corrected chi connectivity index (χ3v) is 4.30. The van der Waals surface area contributed by atoms with E-state index in [0.717, 1.165) is 11.1 Å². The Labute approximate surface area is 158 Å². The molecular weight excluding hydrogens is 344 g/mol. The highest BCUT2D eigenvalue weighted by atomic mass is 16.5. The van der Waals surface area contributed by atoms with Crippen LogP contribution in [0.2, 0.25) is 0 Å². The number of ether oxygens (including phenoxy) is 2. The molecule has 0 saturated carbocycles. The summed E-state index contributed by atoms with van der Waals surface area (Å²) in [6.07, 6.45) is 0.527. The topological polar surface area (TPSA) is 88.5 Å². The van der Waals surface area contributed by atoms with Crippen LogP contribution < -0.4 is 10.1 Å².